The number of sulfonamides is 1. The molecule has 0 unspecified atom stereocenters. The zero-order chi connectivity index (χ0) is 18.4. The van der Waals surface area contributed by atoms with Crippen LogP contribution in [0, 0.1) is 6.92 Å². The van der Waals surface area contributed by atoms with Crippen molar-refractivity contribution in [2.75, 3.05) is 13.7 Å². The summed E-state index contributed by atoms with van der Waals surface area (Å²) >= 11 is 0. The van der Waals surface area contributed by atoms with Gasteiger partial charge in [-0.15, -0.1) is 0 Å². The fourth-order valence-electron chi connectivity index (χ4n) is 2.34. The molecule has 0 saturated heterocycles. The average Bonchev–Trinajstić information content (AvgIpc) is 2.61. The molecule has 0 heterocycles. The molecule has 0 atom stereocenters. The Morgan fingerprint density at radius 2 is 1.88 bits per heavy atom. The van der Waals surface area contributed by atoms with E-state index in [1.54, 1.807) is 43.3 Å². The minimum absolute atomic E-state index is 0.00996. The summed E-state index contributed by atoms with van der Waals surface area (Å²) in [7, 11) is -2.58. The second kappa shape index (κ2) is 8.11. The average molecular weight is 363 g/mol. The van der Waals surface area contributed by atoms with Crippen LogP contribution >= 0.6 is 0 Å². The van der Waals surface area contributed by atoms with Gasteiger partial charge in [-0.2, -0.15) is 4.31 Å². The molecule has 2 rings (SSSR count). The summed E-state index contributed by atoms with van der Waals surface area (Å²) in [6.45, 7) is 1.42. The Morgan fingerprint density at radius 3 is 2.48 bits per heavy atom. The molecule has 25 heavy (non-hydrogen) atoms. The van der Waals surface area contributed by atoms with E-state index in [4.69, 9.17) is 10.6 Å². The fraction of sp³-hybridized carbons (Fsp3) is 0.235. The molecule has 1 amide bonds. The molecule has 0 aliphatic rings. The van der Waals surface area contributed by atoms with Crippen LogP contribution in [0.25, 0.3) is 0 Å². The standard InChI is InChI=1S/C17H21N3O4S/c1-13-8-9-15(24-2)16(10-13)25(22,23)20(12-17(21)19-18)11-14-6-4-3-5-7-14/h3-10H,11-12,18H2,1-2H3,(H,19,21). The van der Waals surface area contributed by atoms with Gasteiger partial charge in [0.15, 0.2) is 0 Å². The van der Waals surface area contributed by atoms with E-state index in [9.17, 15) is 13.2 Å². The number of nitrogens with one attached hydrogen (secondary N) is 1. The molecule has 2 aromatic rings. The van der Waals surface area contributed by atoms with Gasteiger partial charge >= 0.3 is 0 Å². The highest BCUT2D eigenvalue weighted by Crippen LogP contribution is 2.28. The van der Waals surface area contributed by atoms with Gasteiger partial charge in [-0.1, -0.05) is 36.4 Å². The number of benzene rings is 2. The maximum atomic E-state index is 13.1. The predicted molar refractivity (Wildman–Crippen MR) is 94.1 cm³/mol. The Hall–Kier alpha value is -2.42. The molecule has 0 spiro atoms. The molecule has 0 aliphatic carbocycles. The van der Waals surface area contributed by atoms with Crippen LogP contribution in [0.15, 0.2) is 53.4 Å². The van der Waals surface area contributed by atoms with Gasteiger partial charge in [0.25, 0.3) is 0 Å². The lowest BCUT2D eigenvalue weighted by Gasteiger charge is -2.23. The molecule has 0 fully saturated rings. The number of hydrogen-bond acceptors (Lipinski definition) is 5. The van der Waals surface area contributed by atoms with Crippen molar-refractivity contribution in [2.24, 2.45) is 5.84 Å². The van der Waals surface area contributed by atoms with E-state index in [1.165, 1.54) is 13.2 Å². The maximum absolute atomic E-state index is 13.1. The number of hydrogen-bond donors (Lipinski definition) is 2. The number of carbonyl (C=O) groups excluding carboxylic acids is 1. The minimum Gasteiger partial charge on any atom is -0.495 e. The van der Waals surface area contributed by atoms with Crippen LogP contribution in [-0.2, 0) is 21.4 Å². The van der Waals surface area contributed by atoms with Crippen LogP contribution in [-0.4, -0.2) is 32.3 Å². The fourth-order valence-corrected chi connectivity index (χ4v) is 3.97. The molecule has 0 aliphatic heterocycles. The highest BCUT2D eigenvalue weighted by molar-refractivity contribution is 7.89. The second-order valence-electron chi connectivity index (χ2n) is 5.48. The van der Waals surface area contributed by atoms with Crippen LogP contribution in [0.4, 0.5) is 0 Å². The zero-order valence-electron chi connectivity index (χ0n) is 14.1. The first kappa shape index (κ1) is 18.9. The van der Waals surface area contributed by atoms with Gasteiger partial charge in [-0.25, -0.2) is 14.3 Å². The molecule has 134 valence electrons. The number of nitrogens with two attached hydrogens (primary N) is 1. The summed E-state index contributed by atoms with van der Waals surface area (Å²) in [6, 6.07) is 13.9. The molecule has 0 radical (unpaired) electrons. The largest absolute Gasteiger partial charge is 0.495 e. The van der Waals surface area contributed by atoms with Crippen LogP contribution in [0.3, 0.4) is 0 Å². The normalized spacial score (nSPS) is 11.4. The van der Waals surface area contributed by atoms with Crippen molar-refractivity contribution in [3.63, 3.8) is 0 Å². The van der Waals surface area contributed by atoms with Crippen molar-refractivity contribution in [1.29, 1.82) is 0 Å². The van der Waals surface area contributed by atoms with Crippen LogP contribution < -0.4 is 16.0 Å². The number of ether oxygens (including phenoxy) is 1. The predicted octanol–water partition coefficient (Wildman–Crippen LogP) is 1.18. The molecule has 7 nitrogen and oxygen atoms in total. The highest BCUT2D eigenvalue weighted by Gasteiger charge is 2.29. The Bertz CT molecular complexity index is 838. The number of hydrazine groups is 1. The SMILES string of the molecule is COc1ccc(C)cc1S(=O)(=O)N(CC(=O)NN)Cc1ccccc1. The second-order valence-corrected chi connectivity index (χ2v) is 7.39. The van der Waals surface area contributed by atoms with E-state index in [1.807, 2.05) is 11.5 Å². The van der Waals surface area contributed by atoms with E-state index in [2.05, 4.69) is 0 Å². The van der Waals surface area contributed by atoms with Crippen molar-refractivity contribution in [2.45, 2.75) is 18.4 Å². The monoisotopic (exact) mass is 363 g/mol. The molecule has 2 aromatic carbocycles. The van der Waals surface area contributed by atoms with E-state index in [-0.39, 0.29) is 17.2 Å². The van der Waals surface area contributed by atoms with E-state index in [0.717, 1.165) is 15.4 Å². The third-order valence-electron chi connectivity index (χ3n) is 3.62. The number of rotatable bonds is 7. The lowest BCUT2D eigenvalue weighted by atomic mass is 10.2. The van der Waals surface area contributed by atoms with Gasteiger partial charge in [-0.05, 0) is 30.2 Å². The summed E-state index contributed by atoms with van der Waals surface area (Å²) < 4.78 is 32.5. The summed E-state index contributed by atoms with van der Waals surface area (Å²) in [4.78, 5) is 11.7. The third kappa shape index (κ3) is 4.56. The van der Waals surface area contributed by atoms with Crippen molar-refractivity contribution >= 4 is 15.9 Å². The lowest BCUT2D eigenvalue weighted by Crippen LogP contribution is -2.42. The van der Waals surface area contributed by atoms with Crippen LogP contribution in [0.2, 0.25) is 0 Å². The molecular weight excluding hydrogens is 342 g/mol. The molecule has 0 aromatic heterocycles. The van der Waals surface area contributed by atoms with Gasteiger partial charge in [0.05, 0.1) is 13.7 Å². The first-order valence-electron chi connectivity index (χ1n) is 7.56. The van der Waals surface area contributed by atoms with E-state index < -0.39 is 22.5 Å². The molecule has 8 heteroatoms. The summed E-state index contributed by atoms with van der Waals surface area (Å²) in [5, 5.41) is 0. The van der Waals surface area contributed by atoms with Gasteiger partial charge in [0, 0.05) is 6.54 Å². The minimum atomic E-state index is -3.98. The van der Waals surface area contributed by atoms with Gasteiger partial charge < -0.3 is 4.74 Å². The Labute approximate surface area is 147 Å². The Balaban J connectivity index is 2.47. The van der Waals surface area contributed by atoms with Gasteiger partial charge in [0.2, 0.25) is 15.9 Å². The third-order valence-corrected chi connectivity index (χ3v) is 5.43. The molecular formula is C17H21N3O4S. The summed E-state index contributed by atoms with van der Waals surface area (Å²) in [5.41, 5.74) is 3.49. The molecule has 0 bridgehead atoms. The summed E-state index contributed by atoms with van der Waals surface area (Å²) in [5.74, 6) is 4.74. The number of methoxy groups -OCH3 is 1. The summed E-state index contributed by atoms with van der Waals surface area (Å²) in [6.07, 6.45) is 0. The zero-order valence-corrected chi connectivity index (χ0v) is 14.9. The van der Waals surface area contributed by atoms with E-state index in [0.29, 0.717) is 0 Å². The number of nitrogens with zero attached hydrogens (tertiary/aromatic N) is 1. The van der Waals surface area contributed by atoms with Crippen molar-refractivity contribution in [3.05, 3.63) is 59.7 Å². The first-order chi connectivity index (χ1) is 11.9. The Morgan fingerprint density at radius 1 is 1.20 bits per heavy atom. The Kier molecular flexibility index (Phi) is 6.13. The highest BCUT2D eigenvalue weighted by atomic mass is 32.2. The first-order valence-corrected chi connectivity index (χ1v) is 9.00. The van der Waals surface area contributed by atoms with E-state index >= 15 is 0 Å². The number of carbonyl (C=O) groups is 1. The molecule has 3 N–H and O–H groups in total. The lowest BCUT2D eigenvalue weighted by molar-refractivity contribution is -0.121. The van der Waals surface area contributed by atoms with Gasteiger partial charge in [0.1, 0.15) is 10.6 Å². The van der Waals surface area contributed by atoms with Crippen LogP contribution in [0.5, 0.6) is 5.75 Å². The van der Waals surface area contributed by atoms with Gasteiger partial charge in [-0.3, -0.25) is 10.2 Å². The van der Waals surface area contributed by atoms with Crippen molar-refractivity contribution in [1.82, 2.24) is 9.73 Å². The van der Waals surface area contributed by atoms with Crippen LogP contribution in [0.1, 0.15) is 11.1 Å². The van der Waals surface area contributed by atoms with Crippen molar-refractivity contribution < 1.29 is 17.9 Å². The number of amides is 1. The van der Waals surface area contributed by atoms with Crippen molar-refractivity contribution in [3.8, 4) is 5.75 Å². The number of aryl methyl sites for hydroxylation is 1. The topological polar surface area (TPSA) is 102 Å². The smallest absolute Gasteiger partial charge is 0.249 e. The molecule has 0 saturated carbocycles. The maximum Gasteiger partial charge on any atom is 0.249 e. The quantitative estimate of drug-likeness (QED) is 0.437.